The lowest BCUT2D eigenvalue weighted by Gasteiger charge is -2.01. The third-order valence-electron chi connectivity index (χ3n) is 2.47. The minimum absolute atomic E-state index is 0.00241. The van der Waals surface area contributed by atoms with Gasteiger partial charge in [-0.05, 0) is 6.07 Å². The molecule has 2 heterocycles. The molecule has 0 aliphatic carbocycles. The first-order valence-electron chi connectivity index (χ1n) is 4.45. The predicted octanol–water partition coefficient (Wildman–Crippen LogP) is 0.994. The van der Waals surface area contributed by atoms with E-state index in [4.69, 9.17) is 14.2 Å². The quantitative estimate of drug-likeness (QED) is 0.400. The molecule has 0 aromatic heterocycles. The lowest BCUT2D eigenvalue weighted by Crippen LogP contribution is -2.02. The minimum Gasteiger partial charge on any atom is -0.457 e. The summed E-state index contributed by atoms with van der Waals surface area (Å²) in [4.78, 5) is 21.6. The number of carbonyl (C=O) groups excluding carboxylic acids is 1. The average Bonchev–Trinajstić information content (AvgIpc) is 2.82. The van der Waals surface area contributed by atoms with Crippen LogP contribution >= 0.6 is 0 Å². The van der Waals surface area contributed by atoms with Crippen molar-refractivity contribution in [1.29, 1.82) is 0 Å². The Hall–Kier alpha value is -2.31. The fraction of sp³-hybridized carbons (Fsp3) is 0.222. The number of hydrogen-bond acceptors (Lipinski definition) is 6. The van der Waals surface area contributed by atoms with Gasteiger partial charge >= 0.3 is 11.7 Å². The van der Waals surface area contributed by atoms with Gasteiger partial charge in [0.05, 0.1) is 4.92 Å². The lowest BCUT2D eigenvalue weighted by molar-refractivity contribution is -0.386. The van der Waals surface area contributed by atoms with E-state index in [1.807, 2.05) is 0 Å². The van der Waals surface area contributed by atoms with Crippen molar-refractivity contribution in [1.82, 2.24) is 0 Å². The number of benzene rings is 1. The maximum Gasteiger partial charge on any atom is 0.346 e. The zero-order valence-electron chi connectivity index (χ0n) is 7.89. The first kappa shape index (κ1) is 8.96. The van der Waals surface area contributed by atoms with E-state index in [1.165, 1.54) is 6.07 Å². The molecule has 0 fully saturated rings. The lowest BCUT2D eigenvalue weighted by atomic mass is 10.1. The number of carbonyl (C=O) groups is 1. The minimum atomic E-state index is -0.694. The Morgan fingerprint density at radius 2 is 2.12 bits per heavy atom. The van der Waals surface area contributed by atoms with E-state index in [2.05, 4.69) is 0 Å². The normalized spacial score (nSPS) is 15.9. The third kappa shape index (κ3) is 0.992. The van der Waals surface area contributed by atoms with Crippen LogP contribution in [0.15, 0.2) is 6.07 Å². The third-order valence-corrected chi connectivity index (χ3v) is 2.47. The Labute approximate surface area is 88.7 Å². The molecule has 0 N–H and O–H groups in total. The van der Waals surface area contributed by atoms with Crippen molar-refractivity contribution in [3.63, 3.8) is 0 Å². The summed E-state index contributed by atoms with van der Waals surface area (Å²) in [6.45, 7) is -0.0419. The predicted molar refractivity (Wildman–Crippen MR) is 48.3 cm³/mol. The van der Waals surface area contributed by atoms with Crippen molar-refractivity contribution in [3.8, 4) is 11.5 Å². The van der Waals surface area contributed by atoms with Crippen LogP contribution in [0.2, 0.25) is 0 Å². The standard InChI is InChI=1S/C9H5NO6/c11-9-6-4(2-14-9)1-5-8(16-3-15-5)7(6)10(12)13/h1H,2-3H2. The molecule has 3 rings (SSSR count). The molecule has 0 saturated heterocycles. The Morgan fingerprint density at radius 1 is 1.31 bits per heavy atom. The molecule has 7 nitrogen and oxygen atoms in total. The number of fused-ring (bicyclic) bond motifs is 2. The van der Waals surface area contributed by atoms with Gasteiger partial charge in [-0.1, -0.05) is 0 Å². The molecule has 1 aromatic rings. The Morgan fingerprint density at radius 3 is 2.88 bits per heavy atom. The summed E-state index contributed by atoms with van der Waals surface area (Å²) < 4.78 is 14.8. The van der Waals surface area contributed by atoms with E-state index in [9.17, 15) is 14.9 Å². The number of nitro groups is 1. The molecule has 82 valence electrons. The highest BCUT2D eigenvalue weighted by molar-refractivity contribution is 5.99. The smallest absolute Gasteiger partial charge is 0.346 e. The fourth-order valence-electron chi connectivity index (χ4n) is 1.81. The summed E-state index contributed by atoms with van der Waals surface area (Å²) in [5.74, 6) is -0.411. The Balaban J connectivity index is 2.35. The van der Waals surface area contributed by atoms with Crippen molar-refractivity contribution < 1.29 is 23.9 Å². The van der Waals surface area contributed by atoms with Crippen molar-refractivity contribution in [2.24, 2.45) is 0 Å². The first-order valence-corrected chi connectivity index (χ1v) is 4.45. The molecule has 0 unspecified atom stereocenters. The van der Waals surface area contributed by atoms with Crippen LogP contribution in [-0.4, -0.2) is 17.7 Å². The highest BCUT2D eigenvalue weighted by atomic mass is 16.7. The molecule has 7 heteroatoms. The van der Waals surface area contributed by atoms with Crippen LogP contribution in [0.1, 0.15) is 15.9 Å². The summed E-state index contributed by atoms with van der Waals surface area (Å²) in [5, 5.41) is 10.9. The van der Waals surface area contributed by atoms with Gasteiger partial charge in [0.25, 0.3) is 0 Å². The van der Waals surface area contributed by atoms with Crippen molar-refractivity contribution in [3.05, 3.63) is 27.3 Å². The topological polar surface area (TPSA) is 87.9 Å². The molecule has 0 radical (unpaired) electrons. The number of cyclic esters (lactones) is 1. The molecule has 0 atom stereocenters. The summed E-state index contributed by atoms with van der Waals surface area (Å²) in [6.07, 6.45) is 0. The SMILES string of the molecule is O=C1OCc2cc3c(c([N+](=O)[O-])c21)OCO3. The van der Waals surface area contributed by atoms with Gasteiger partial charge in [0.1, 0.15) is 12.2 Å². The second-order valence-electron chi connectivity index (χ2n) is 3.33. The molecule has 2 aliphatic rings. The van der Waals surface area contributed by atoms with Crippen LogP contribution in [0.5, 0.6) is 11.5 Å². The maximum atomic E-state index is 11.4. The zero-order chi connectivity index (χ0) is 11.3. The van der Waals surface area contributed by atoms with Gasteiger partial charge in [0, 0.05) is 5.56 Å². The number of ether oxygens (including phenoxy) is 3. The van der Waals surface area contributed by atoms with Crippen LogP contribution in [0.4, 0.5) is 5.69 Å². The summed E-state index contributed by atoms with van der Waals surface area (Å²) in [5.41, 5.74) is 0.0581. The molecular formula is C9H5NO6. The molecular weight excluding hydrogens is 218 g/mol. The van der Waals surface area contributed by atoms with E-state index >= 15 is 0 Å². The summed E-state index contributed by atoms with van der Waals surface area (Å²) >= 11 is 0. The number of nitrogens with zero attached hydrogens (tertiary/aromatic N) is 1. The Bertz CT molecular complexity index is 523. The molecule has 0 bridgehead atoms. The molecule has 0 saturated carbocycles. The molecule has 0 spiro atoms. The first-order chi connectivity index (χ1) is 7.68. The van der Waals surface area contributed by atoms with Crippen LogP contribution in [0.3, 0.4) is 0 Å². The second-order valence-corrected chi connectivity index (χ2v) is 3.33. The number of esters is 1. The van der Waals surface area contributed by atoms with E-state index in [1.54, 1.807) is 0 Å². The number of hydrogen-bond donors (Lipinski definition) is 0. The second kappa shape index (κ2) is 2.84. The van der Waals surface area contributed by atoms with E-state index in [0.29, 0.717) is 5.56 Å². The summed E-state index contributed by atoms with van der Waals surface area (Å²) in [7, 11) is 0. The van der Waals surface area contributed by atoms with Crippen molar-refractivity contribution >= 4 is 11.7 Å². The van der Waals surface area contributed by atoms with Gasteiger partial charge in [-0.2, -0.15) is 0 Å². The molecule has 2 aliphatic heterocycles. The average molecular weight is 223 g/mol. The highest BCUT2D eigenvalue weighted by Crippen LogP contribution is 2.46. The highest BCUT2D eigenvalue weighted by Gasteiger charge is 2.39. The van der Waals surface area contributed by atoms with E-state index < -0.39 is 10.9 Å². The Kier molecular flexibility index (Phi) is 1.59. The monoisotopic (exact) mass is 223 g/mol. The van der Waals surface area contributed by atoms with Gasteiger partial charge in [-0.15, -0.1) is 0 Å². The van der Waals surface area contributed by atoms with E-state index in [-0.39, 0.29) is 36.1 Å². The van der Waals surface area contributed by atoms with Crippen LogP contribution < -0.4 is 9.47 Å². The van der Waals surface area contributed by atoms with Gasteiger partial charge in [-0.3, -0.25) is 10.1 Å². The largest absolute Gasteiger partial charge is 0.457 e. The van der Waals surface area contributed by atoms with E-state index in [0.717, 1.165) is 0 Å². The molecule has 0 amide bonds. The zero-order valence-corrected chi connectivity index (χ0v) is 7.89. The van der Waals surface area contributed by atoms with Crippen LogP contribution in [-0.2, 0) is 11.3 Å². The fourth-order valence-corrected chi connectivity index (χ4v) is 1.81. The molecule has 16 heavy (non-hydrogen) atoms. The number of nitro benzene ring substituents is 1. The van der Waals surface area contributed by atoms with Gasteiger partial charge in [0.15, 0.2) is 5.75 Å². The molecule has 1 aromatic carbocycles. The van der Waals surface area contributed by atoms with Gasteiger partial charge in [-0.25, -0.2) is 4.79 Å². The van der Waals surface area contributed by atoms with Crippen molar-refractivity contribution in [2.45, 2.75) is 6.61 Å². The number of rotatable bonds is 1. The van der Waals surface area contributed by atoms with Crippen LogP contribution in [0, 0.1) is 10.1 Å². The maximum absolute atomic E-state index is 11.4. The van der Waals surface area contributed by atoms with Gasteiger partial charge < -0.3 is 14.2 Å². The summed E-state index contributed by atoms with van der Waals surface area (Å²) in [6, 6.07) is 1.54. The van der Waals surface area contributed by atoms with Gasteiger partial charge in [0.2, 0.25) is 12.5 Å². The van der Waals surface area contributed by atoms with Crippen molar-refractivity contribution in [2.75, 3.05) is 6.79 Å². The van der Waals surface area contributed by atoms with Crippen LogP contribution in [0.25, 0.3) is 0 Å².